The van der Waals surface area contributed by atoms with Gasteiger partial charge >= 0.3 is 11.9 Å². The largest absolute Gasteiger partial charge is 0.460 e. The molecule has 0 aliphatic rings. The van der Waals surface area contributed by atoms with E-state index in [-0.39, 0.29) is 19.0 Å². The van der Waals surface area contributed by atoms with E-state index in [0.29, 0.717) is 16.0 Å². The molecule has 0 unspecified atom stereocenters. The number of fused-ring (bicyclic) bond motifs is 1. The molecule has 0 bridgehead atoms. The van der Waals surface area contributed by atoms with E-state index < -0.39 is 11.9 Å². The number of para-hydroxylation sites is 1. The molecule has 5 nitrogen and oxygen atoms in total. The normalized spacial score (nSPS) is 10.8. The molecule has 3 rings (SSSR count). The summed E-state index contributed by atoms with van der Waals surface area (Å²) in [7, 11) is 0. The summed E-state index contributed by atoms with van der Waals surface area (Å²) in [6, 6.07) is 10.8. The van der Waals surface area contributed by atoms with Crippen molar-refractivity contribution in [3.05, 3.63) is 57.5 Å². The van der Waals surface area contributed by atoms with Gasteiger partial charge in [0.2, 0.25) is 5.76 Å². The second kappa shape index (κ2) is 6.88. The van der Waals surface area contributed by atoms with Crippen LogP contribution >= 0.6 is 11.3 Å². The highest BCUT2D eigenvalue weighted by Gasteiger charge is 2.23. The van der Waals surface area contributed by atoms with Crippen molar-refractivity contribution >= 4 is 34.2 Å². The summed E-state index contributed by atoms with van der Waals surface area (Å²) in [4.78, 5) is 25.8. The highest BCUT2D eigenvalue weighted by Crippen LogP contribution is 2.28. The molecule has 6 heteroatoms. The van der Waals surface area contributed by atoms with Crippen LogP contribution in [0.4, 0.5) is 0 Å². The van der Waals surface area contributed by atoms with E-state index in [1.165, 1.54) is 11.3 Å². The fourth-order valence-electron chi connectivity index (χ4n) is 2.36. The SMILES string of the molecule is CCOC(=O)c1oc2ccccc2c1COC(=O)c1ccc(C)s1. The molecule has 0 atom stereocenters. The predicted octanol–water partition coefficient (Wildman–Crippen LogP) is 4.34. The first-order valence-corrected chi connectivity index (χ1v) is 8.33. The number of hydrogen-bond donors (Lipinski definition) is 0. The van der Waals surface area contributed by atoms with Crippen LogP contribution in [0, 0.1) is 6.92 Å². The van der Waals surface area contributed by atoms with E-state index >= 15 is 0 Å². The Labute approximate surface area is 142 Å². The van der Waals surface area contributed by atoms with Gasteiger partial charge in [0.15, 0.2) is 0 Å². The first-order valence-electron chi connectivity index (χ1n) is 7.51. The van der Waals surface area contributed by atoms with Crippen molar-refractivity contribution in [2.75, 3.05) is 6.61 Å². The number of ether oxygens (including phenoxy) is 2. The fourth-order valence-corrected chi connectivity index (χ4v) is 3.12. The molecule has 124 valence electrons. The number of carbonyl (C=O) groups is 2. The van der Waals surface area contributed by atoms with Crippen LogP contribution < -0.4 is 0 Å². The molecule has 0 aliphatic carbocycles. The maximum absolute atomic E-state index is 12.1. The van der Waals surface area contributed by atoms with Crippen LogP contribution in [0.15, 0.2) is 40.8 Å². The van der Waals surface area contributed by atoms with Gasteiger partial charge in [0.1, 0.15) is 17.1 Å². The second-order valence-corrected chi connectivity index (χ2v) is 6.40. The topological polar surface area (TPSA) is 65.7 Å². The van der Waals surface area contributed by atoms with Crippen LogP contribution in [-0.2, 0) is 16.1 Å². The fraction of sp³-hybridized carbons (Fsp3) is 0.222. The zero-order valence-corrected chi connectivity index (χ0v) is 14.1. The lowest BCUT2D eigenvalue weighted by Gasteiger charge is -2.04. The Hall–Kier alpha value is -2.60. The predicted molar refractivity (Wildman–Crippen MR) is 90.3 cm³/mol. The lowest BCUT2D eigenvalue weighted by molar-refractivity contribution is 0.0438. The highest BCUT2D eigenvalue weighted by molar-refractivity contribution is 7.13. The minimum atomic E-state index is -0.563. The van der Waals surface area contributed by atoms with Gasteiger partial charge in [-0.2, -0.15) is 0 Å². The number of carbonyl (C=O) groups excluding carboxylic acids is 2. The van der Waals surface area contributed by atoms with E-state index in [1.54, 1.807) is 19.1 Å². The van der Waals surface area contributed by atoms with E-state index in [0.717, 1.165) is 10.3 Å². The molecule has 0 spiro atoms. The number of benzene rings is 1. The van der Waals surface area contributed by atoms with Crippen molar-refractivity contribution in [1.82, 2.24) is 0 Å². The van der Waals surface area contributed by atoms with Crippen molar-refractivity contribution < 1.29 is 23.5 Å². The first kappa shape index (κ1) is 16.3. The van der Waals surface area contributed by atoms with E-state index in [1.807, 2.05) is 31.2 Å². The Balaban J connectivity index is 1.88. The average Bonchev–Trinajstić information content (AvgIpc) is 3.16. The minimum Gasteiger partial charge on any atom is -0.460 e. The maximum atomic E-state index is 12.1. The summed E-state index contributed by atoms with van der Waals surface area (Å²) in [6.07, 6.45) is 0. The third-order valence-corrected chi connectivity index (χ3v) is 4.43. The van der Waals surface area contributed by atoms with E-state index in [9.17, 15) is 9.59 Å². The van der Waals surface area contributed by atoms with E-state index in [2.05, 4.69) is 0 Å². The van der Waals surface area contributed by atoms with Crippen LogP contribution in [0.5, 0.6) is 0 Å². The Kier molecular flexibility index (Phi) is 4.66. The second-order valence-electron chi connectivity index (χ2n) is 5.11. The molecule has 2 aromatic heterocycles. The van der Waals surface area contributed by atoms with Gasteiger partial charge in [-0.05, 0) is 32.0 Å². The number of furan rings is 1. The van der Waals surface area contributed by atoms with Crippen molar-refractivity contribution in [3.8, 4) is 0 Å². The van der Waals surface area contributed by atoms with Crippen LogP contribution in [0.3, 0.4) is 0 Å². The van der Waals surface area contributed by atoms with Gasteiger partial charge in [-0.15, -0.1) is 11.3 Å². The number of aryl methyl sites for hydroxylation is 1. The molecule has 24 heavy (non-hydrogen) atoms. The van der Waals surface area contributed by atoms with E-state index in [4.69, 9.17) is 13.9 Å². The molecule has 0 N–H and O–H groups in total. The van der Waals surface area contributed by atoms with Crippen molar-refractivity contribution in [3.63, 3.8) is 0 Å². The van der Waals surface area contributed by atoms with Gasteiger partial charge in [0.25, 0.3) is 0 Å². The van der Waals surface area contributed by atoms with Crippen LogP contribution in [0.2, 0.25) is 0 Å². The lowest BCUT2D eigenvalue weighted by atomic mass is 10.1. The Morgan fingerprint density at radius 1 is 1.08 bits per heavy atom. The summed E-state index contributed by atoms with van der Waals surface area (Å²) in [5.41, 5.74) is 1.07. The molecular formula is C18H16O5S. The maximum Gasteiger partial charge on any atom is 0.374 e. The molecule has 0 saturated heterocycles. The number of hydrogen-bond acceptors (Lipinski definition) is 6. The van der Waals surface area contributed by atoms with Gasteiger partial charge in [-0.3, -0.25) is 0 Å². The molecule has 0 saturated carbocycles. The summed E-state index contributed by atoms with van der Waals surface area (Å²) in [5, 5.41) is 0.732. The van der Waals surface area contributed by atoms with Crippen molar-refractivity contribution in [2.45, 2.75) is 20.5 Å². The molecule has 0 aliphatic heterocycles. The molecule has 0 radical (unpaired) electrons. The molecular weight excluding hydrogens is 328 g/mol. The average molecular weight is 344 g/mol. The van der Waals surface area contributed by atoms with Crippen LogP contribution in [0.25, 0.3) is 11.0 Å². The molecule has 3 aromatic rings. The summed E-state index contributed by atoms with van der Waals surface area (Å²) in [6.45, 7) is 3.83. The van der Waals surface area contributed by atoms with Crippen LogP contribution in [-0.4, -0.2) is 18.5 Å². The van der Waals surface area contributed by atoms with Gasteiger partial charge in [-0.25, -0.2) is 9.59 Å². The Bertz CT molecular complexity index is 890. The van der Waals surface area contributed by atoms with Crippen molar-refractivity contribution in [2.24, 2.45) is 0 Å². The Morgan fingerprint density at radius 2 is 1.88 bits per heavy atom. The third kappa shape index (κ3) is 3.19. The summed E-state index contributed by atoms with van der Waals surface area (Å²) in [5.74, 6) is -0.909. The summed E-state index contributed by atoms with van der Waals surface area (Å²) >= 11 is 1.37. The van der Waals surface area contributed by atoms with Gasteiger partial charge in [0, 0.05) is 10.3 Å². The quantitative estimate of drug-likeness (QED) is 0.644. The molecule has 0 fully saturated rings. The zero-order chi connectivity index (χ0) is 17.1. The smallest absolute Gasteiger partial charge is 0.374 e. The van der Waals surface area contributed by atoms with Crippen LogP contribution in [0.1, 0.15) is 37.6 Å². The van der Waals surface area contributed by atoms with Gasteiger partial charge in [0.05, 0.1) is 12.2 Å². The minimum absolute atomic E-state index is 0.0546. The lowest BCUT2D eigenvalue weighted by Crippen LogP contribution is -2.09. The molecule has 1 aromatic carbocycles. The standard InChI is InChI=1S/C18H16O5S/c1-3-21-18(20)16-13(12-6-4-5-7-14(12)23-16)10-22-17(19)15-9-8-11(2)24-15/h4-9H,3,10H2,1-2H3. The summed E-state index contributed by atoms with van der Waals surface area (Å²) < 4.78 is 16.0. The molecule has 0 amide bonds. The number of esters is 2. The van der Waals surface area contributed by atoms with Gasteiger partial charge in [-0.1, -0.05) is 18.2 Å². The molecule has 2 heterocycles. The first-order chi connectivity index (χ1) is 11.6. The number of thiophene rings is 1. The number of rotatable bonds is 5. The zero-order valence-electron chi connectivity index (χ0n) is 13.3. The van der Waals surface area contributed by atoms with Crippen molar-refractivity contribution in [1.29, 1.82) is 0 Å². The monoisotopic (exact) mass is 344 g/mol. The highest BCUT2D eigenvalue weighted by atomic mass is 32.1. The van der Waals surface area contributed by atoms with Gasteiger partial charge < -0.3 is 13.9 Å². The third-order valence-electron chi connectivity index (χ3n) is 3.45. The Morgan fingerprint density at radius 3 is 2.58 bits per heavy atom.